The number of benzene rings is 1. The van der Waals surface area contributed by atoms with Crippen molar-refractivity contribution in [3.8, 4) is 0 Å². The molecule has 0 N–H and O–H groups in total. The number of rotatable bonds is 1. The topological polar surface area (TPSA) is 6.48 Å². The number of anilines is 1. The summed E-state index contributed by atoms with van der Waals surface area (Å²) in [6.07, 6.45) is 5.56. The summed E-state index contributed by atoms with van der Waals surface area (Å²) in [4.78, 5) is 5.11. The summed E-state index contributed by atoms with van der Waals surface area (Å²) in [6.45, 7) is 1.10. The molecule has 0 aromatic heterocycles. The van der Waals surface area contributed by atoms with E-state index in [1.807, 2.05) is 0 Å². The first kappa shape index (κ1) is 10.2. The molecule has 0 bridgehead atoms. The van der Waals surface area contributed by atoms with Gasteiger partial charge >= 0.3 is 0 Å². The Morgan fingerprint density at radius 2 is 1.69 bits per heavy atom. The van der Waals surface area contributed by atoms with Crippen LogP contribution >= 0.6 is 0 Å². The van der Waals surface area contributed by atoms with Crippen LogP contribution in [0.3, 0.4) is 0 Å². The zero-order chi connectivity index (χ0) is 11.0. The predicted octanol–water partition coefficient (Wildman–Crippen LogP) is 2.71. The standard InChI is InChI=1S/C14H20N2/c1-15-11-16(12-7-3-2-4-8-12)14-10-6-5-9-13(14)15/h2-4,7-8,13-14H,5-6,9-11H2,1H3. The van der Waals surface area contributed by atoms with E-state index in [9.17, 15) is 0 Å². The van der Waals surface area contributed by atoms with Gasteiger partial charge < -0.3 is 4.90 Å². The molecule has 1 aromatic rings. The molecule has 16 heavy (non-hydrogen) atoms. The number of nitrogens with zero attached hydrogens (tertiary/aromatic N) is 2. The highest BCUT2D eigenvalue weighted by atomic mass is 15.4. The maximum absolute atomic E-state index is 2.59. The maximum Gasteiger partial charge on any atom is 0.0711 e. The van der Waals surface area contributed by atoms with Gasteiger partial charge in [-0.05, 0) is 32.0 Å². The molecule has 2 fully saturated rings. The van der Waals surface area contributed by atoms with Gasteiger partial charge in [-0.3, -0.25) is 4.90 Å². The van der Waals surface area contributed by atoms with E-state index in [4.69, 9.17) is 0 Å². The molecule has 2 nitrogen and oxygen atoms in total. The molecule has 2 heteroatoms. The van der Waals surface area contributed by atoms with E-state index in [-0.39, 0.29) is 0 Å². The van der Waals surface area contributed by atoms with Crippen LogP contribution < -0.4 is 4.90 Å². The molecule has 2 unspecified atom stereocenters. The van der Waals surface area contributed by atoms with Crippen LogP contribution in [0.4, 0.5) is 5.69 Å². The highest BCUT2D eigenvalue weighted by molar-refractivity contribution is 5.48. The average Bonchev–Trinajstić information content (AvgIpc) is 2.69. The van der Waals surface area contributed by atoms with Crippen LogP contribution in [0.25, 0.3) is 0 Å². The lowest BCUT2D eigenvalue weighted by atomic mass is 9.90. The van der Waals surface area contributed by atoms with E-state index in [0.717, 1.165) is 18.8 Å². The van der Waals surface area contributed by atoms with Gasteiger partial charge in [-0.25, -0.2) is 0 Å². The van der Waals surface area contributed by atoms with Gasteiger partial charge in [0.25, 0.3) is 0 Å². The van der Waals surface area contributed by atoms with Crippen LogP contribution in [-0.2, 0) is 0 Å². The van der Waals surface area contributed by atoms with Crippen LogP contribution in [0.5, 0.6) is 0 Å². The largest absolute Gasteiger partial charge is 0.354 e. The number of para-hydroxylation sites is 1. The minimum atomic E-state index is 0.751. The van der Waals surface area contributed by atoms with Crippen molar-refractivity contribution in [3.63, 3.8) is 0 Å². The highest BCUT2D eigenvalue weighted by Gasteiger charge is 2.39. The van der Waals surface area contributed by atoms with Crippen LogP contribution in [0.15, 0.2) is 30.3 Å². The smallest absolute Gasteiger partial charge is 0.0711 e. The lowest BCUT2D eigenvalue weighted by Crippen LogP contribution is -2.39. The fourth-order valence-corrected chi connectivity index (χ4v) is 3.31. The molecule has 0 radical (unpaired) electrons. The van der Waals surface area contributed by atoms with Crippen molar-refractivity contribution in [1.29, 1.82) is 0 Å². The van der Waals surface area contributed by atoms with Gasteiger partial charge in [-0.15, -0.1) is 0 Å². The number of likely N-dealkylation sites (N-methyl/N-ethyl adjacent to an activating group) is 1. The Hall–Kier alpha value is -1.02. The van der Waals surface area contributed by atoms with Gasteiger partial charge in [0.15, 0.2) is 0 Å². The summed E-state index contributed by atoms with van der Waals surface area (Å²) < 4.78 is 0. The van der Waals surface area contributed by atoms with Gasteiger partial charge in [0, 0.05) is 17.8 Å². The first-order valence-electron chi connectivity index (χ1n) is 6.38. The Kier molecular flexibility index (Phi) is 2.60. The molecule has 2 aliphatic rings. The molecule has 1 saturated carbocycles. The second-order valence-corrected chi connectivity index (χ2v) is 5.12. The Morgan fingerprint density at radius 3 is 2.44 bits per heavy atom. The Labute approximate surface area is 97.9 Å². The number of hydrogen-bond acceptors (Lipinski definition) is 2. The van der Waals surface area contributed by atoms with Crippen LogP contribution in [0.2, 0.25) is 0 Å². The molecule has 1 heterocycles. The summed E-state index contributed by atoms with van der Waals surface area (Å²) in [5.74, 6) is 0. The highest BCUT2D eigenvalue weighted by Crippen LogP contribution is 2.34. The monoisotopic (exact) mass is 216 g/mol. The van der Waals surface area contributed by atoms with E-state index < -0.39 is 0 Å². The minimum absolute atomic E-state index is 0.751. The van der Waals surface area contributed by atoms with Crippen molar-refractivity contribution in [2.24, 2.45) is 0 Å². The Balaban J connectivity index is 1.86. The van der Waals surface area contributed by atoms with E-state index in [1.165, 1.54) is 31.4 Å². The second kappa shape index (κ2) is 4.10. The van der Waals surface area contributed by atoms with Crippen LogP contribution in [-0.4, -0.2) is 30.7 Å². The molecular formula is C14H20N2. The molecule has 2 atom stereocenters. The quantitative estimate of drug-likeness (QED) is 0.712. The summed E-state index contributed by atoms with van der Waals surface area (Å²) >= 11 is 0. The fraction of sp³-hybridized carbons (Fsp3) is 0.571. The lowest BCUT2D eigenvalue weighted by Gasteiger charge is -2.32. The molecule has 3 rings (SSSR count). The summed E-state index contributed by atoms with van der Waals surface area (Å²) in [6, 6.07) is 12.4. The predicted molar refractivity (Wildman–Crippen MR) is 67.6 cm³/mol. The van der Waals surface area contributed by atoms with Crippen LogP contribution in [0, 0.1) is 0 Å². The molecule has 1 aromatic carbocycles. The zero-order valence-electron chi connectivity index (χ0n) is 9.97. The zero-order valence-corrected chi connectivity index (χ0v) is 9.97. The molecule has 1 aliphatic carbocycles. The van der Waals surface area contributed by atoms with E-state index in [2.05, 4.69) is 47.2 Å². The van der Waals surface area contributed by atoms with Crippen molar-refractivity contribution in [3.05, 3.63) is 30.3 Å². The van der Waals surface area contributed by atoms with Gasteiger partial charge in [0.2, 0.25) is 0 Å². The molecule has 1 saturated heterocycles. The normalized spacial score (nSPS) is 30.4. The van der Waals surface area contributed by atoms with Gasteiger partial charge in [-0.2, -0.15) is 0 Å². The summed E-state index contributed by atoms with van der Waals surface area (Å²) in [5, 5.41) is 0. The summed E-state index contributed by atoms with van der Waals surface area (Å²) in [7, 11) is 2.27. The van der Waals surface area contributed by atoms with Gasteiger partial charge in [-0.1, -0.05) is 31.0 Å². The van der Waals surface area contributed by atoms with Gasteiger partial charge in [0.1, 0.15) is 0 Å². The van der Waals surface area contributed by atoms with E-state index in [1.54, 1.807) is 0 Å². The molecule has 1 aliphatic heterocycles. The van der Waals surface area contributed by atoms with Crippen molar-refractivity contribution < 1.29 is 0 Å². The first-order chi connectivity index (χ1) is 7.86. The second-order valence-electron chi connectivity index (χ2n) is 5.12. The van der Waals surface area contributed by atoms with E-state index >= 15 is 0 Å². The van der Waals surface area contributed by atoms with Gasteiger partial charge in [0.05, 0.1) is 6.67 Å². The number of fused-ring (bicyclic) bond motifs is 1. The van der Waals surface area contributed by atoms with Crippen molar-refractivity contribution in [1.82, 2.24) is 4.90 Å². The maximum atomic E-state index is 2.59. The molecule has 0 spiro atoms. The van der Waals surface area contributed by atoms with Crippen molar-refractivity contribution in [2.75, 3.05) is 18.6 Å². The minimum Gasteiger partial charge on any atom is -0.354 e. The fourth-order valence-electron chi connectivity index (χ4n) is 3.31. The first-order valence-corrected chi connectivity index (χ1v) is 6.38. The SMILES string of the molecule is CN1CN(c2ccccc2)C2CCCCC21. The molecular weight excluding hydrogens is 196 g/mol. The van der Waals surface area contributed by atoms with Crippen molar-refractivity contribution in [2.45, 2.75) is 37.8 Å². The third-order valence-electron chi connectivity index (χ3n) is 4.12. The van der Waals surface area contributed by atoms with E-state index in [0.29, 0.717) is 0 Å². The summed E-state index contributed by atoms with van der Waals surface area (Å²) in [5.41, 5.74) is 1.39. The van der Waals surface area contributed by atoms with Crippen LogP contribution in [0.1, 0.15) is 25.7 Å². The molecule has 86 valence electrons. The average molecular weight is 216 g/mol. The Morgan fingerprint density at radius 1 is 1.00 bits per heavy atom. The third-order valence-corrected chi connectivity index (χ3v) is 4.12. The third kappa shape index (κ3) is 1.61. The Bertz CT molecular complexity index is 349. The lowest BCUT2D eigenvalue weighted by molar-refractivity contribution is 0.247. The molecule has 0 amide bonds. The number of hydrogen-bond donors (Lipinski definition) is 0. The van der Waals surface area contributed by atoms with Crippen molar-refractivity contribution >= 4 is 5.69 Å².